The molecule has 0 saturated heterocycles. The topological polar surface area (TPSA) is 25.8 Å². The summed E-state index contributed by atoms with van der Waals surface area (Å²) >= 11 is 1.39. The van der Waals surface area contributed by atoms with E-state index in [1.54, 1.807) is 12.1 Å². The molecule has 0 aliphatic carbocycles. The van der Waals surface area contributed by atoms with Gasteiger partial charge in [-0.3, -0.25) is 0 Å². The molecule has 106 valence electrons. The van der Waals surface area contributed by atoms with Gasteiger partial charge in [-0.2, -0.15) is 0 Å². The highest BCUT2D eigenvalue weighted by Gasteiger charge is 2.16. The van der Waals surface area contributed by atoms with Crippen molar-refractivity contribution in [1.82, 2.24) is 9.97 Å². The Bertz CT molecular complexity index is 790. The molecule has 2 aromatic carbocycles. The summed E-state index contributed by atoms with van der Waals surface area (Å²) in [4.78, 5) is 8.97. The molecule has 1 aromatic heterocycles. The van der Waals surface area contributed by atoms with Gasteiger partial charge in [-0.1, -0.05) is 48.2 Å². The summed E-state index contributed by atoms with van der Waals surface area (Å²) in [6.07, 6.45) is -2.68. The lowest BCUT2D eigenvalue weighted by atomic mass is 10.2. The van der Waals surface area contributed by atoms with Crippen molar-refractivity contribution in [3.05, 3.63) is 59.9 Å². The Kier molecular flexibility index (Phi) is 3.84. The second-order valence-corrected chi connectivity index (χ2v) is 5.60. The SMILES string of the molecule is Cc1ccccc1Sc1nc(C(F)F)nc2ccccc12. The molecular formula is C16H12F2N2S. The predicted molar refractivity (Wildman–Crippen MR) is 79.8 cm³/mol. The van der Waals surface area contributed by atoms with Crippen LogP contribution in [0.25, 0.3) is 10.9 Å². The van der Waals surface area contributed by atoms with E-state index >= 15 is 0 Å². The predicted octanol–water partition coefficient (Wildman–Crippen LogP) is 5.03. The van der Waals surface area contributed by atoms with Crippen molar-refractivity contribution in [3.63, 3.8) is 0 Å². The van der Waals surface area contributed by atoms with Crippen molar-refractivity contribution in [1.29, 1.82) is 0 Å². The van der Waals surface area contributed by atoms with Gasteiger partial charge in [0.1, 0.15) is 5.03 Å². The van der Waals surface area contributed by atoms with Crippen molar-refractivity contribution >= 4 is 22.7 Å². The first-order valence-electron chi connectivity index (χ1n) is 6.43. The van der Waals surface area contributed by atoms with Crippen LogP contribution in [-0.4, -0.2) is 9.97 Å². The first-order valence-corrected chi connectivity index (χ1v) is 7.25. The van der Waals surface area contributed by atoms with Crippen molar-refractivity contribution in [2.24, 2.45) is 0 Å². The zero-order valence-corrected chi connectivity index (χ0v) is 12.1. The Labute approximate surface area is 125 Å². The minimum atomic E-state index is -2.68. The van der Waals surface area contributed by atoms with Crippen LogP contribution in [0.5, 0.6) is 0 Å². The average molecular weight is 302 g/mol. The molecule has 0 radical (unpaired) electrons. The number of alkyl halides is 2. The van der Waals surface area contributed by atoms with Gasteiger partial charge in [0, 0.05) is 10.3 Å². The standard InChI is InChI=1S/C16H12F2N2S/c1-10-6-2-5-9-13(10)21-16-11-7-3-4-8-12(11)19-15(20-16)14(17)18/h2-9,14H,1H3. The highest BCUT2D eigenvalue weighted by Crippen LogP contribution is 2.34. The summed E-state index contributed by atoms with van der Waals surface area (Å²) < 4.78 is 25.9. The normalized spacial score (nSPS) is 11.2. The Hall–Kier alpha value is -2.01. The van der Waals surface area contributed by atoms with E-state index in [0.717, 1.165) is 15.8 Å². The molecule has 0 bridgehead atoms. The lowest BCUT2D eigenvalue weighted by Crippen LogP contribution is -1.98. The van der Waals surface area contributed by atoms with Crippen LogP contribution in [0.4, 0.5) is 8.78 Å². The second kappa shape index (κ2) is 5.77. The summed E-state index contributed by atoms with van der Waals surface area (Å²) in [6.45, 7) is 1.99. The Morgan fingerprint density at radius 2 is 1.67 bits per heavy atom. The van der Waals surface area contributed by atoms with Gasteiger partial charge >= 0.3 is 0 Å². The quantitative estimate of drug-likeness (QED) is 0.635. The highest BCUT2D eigenvalue weighted by molar-refractivity contribution is 7.99. The maximum absolute atomic E-state index is 13.0. The monoisotopic (exact) mass is 302 g/mol. The lowest BCUT2D eigenvalue weighted by molar-refractivity contribution is 0.140. The maximum Gasteiger partial charge on any atom is 0.297 e. The van der Waals surface area contributed by atoms with Crippen LogP contribution >= 0.6 is 11.8 Å². The van der Waals surface area contributed by atoms with Crippen LogP contribution in [0, 0.1) is 6.92 Å². The third-order valence-corrected chi connectivity index (χ3v) is 4.26. The van der Waals surface area contributed by atoms with Crippen molar-refractivity contribution < 1.29 is 8.78 Å². The van der Waals surface area contributed by atoms with Gasteiger partial charge in [-0.25, -0.2) is 18.7 Å². The molecule has 0 saturated carbocycles. The number of nitrogens with zero attached hydrogens (tertiary/aromatic N) is 2. The minimum Gasteiger partial charge on any atom is -0.227 e. The van der Waals surface area contributed by atoms with E-state index in [-0.39, 0.29) is 0 Å². The van der Waals surface area contributed by atoms with Crippen LogP contribution in [0.15, 0.2) is 58.5 Å². The van der Waals surface area contributed by atoms with E-state index in [1.807, 2.05) is 43.3 Å². The molecule has 0 amide bonds. The maximum atomic E-state index is 13.0. The van der Waals surface area contributed by atoms with E-state index in [0.29, 0.717) is 10.5 Å². The highest BCUT2D eigenvalue weighted by atomic mass is 32.2. The van der Waals surface area contributed by atoms with Crippen LogP contribution in [-0.2, 0) is 0 Å². The number of rotatable bonds is 3. The largest absolute Gasteiger partial charge is 0.297 e. The fraction of sp³-hybridized carbons (Fsp3) is 0.125. The van der Waals surface area contributed by atoms with Crippen molar-refractivity contribution in [2.45, 2.75) is 23.3 Å². The molecule has 21 heavy (non-hydrogen) atoms. The first-order chi connectivity index (χ1) is 10.1. The fourth-order valence-corrected chi connectivity index (χ4v) is 3.02. The number of aryl methyl sites for hydroxylation is 1. The molecule has 1 heterocycles. The van der Waals surface area contributed by atoms with E-state index < -0.39 is 12.2 Å². The zero-order valence-electron chi connectivity index (χ0n) is 11.3. The molecule has 3 aromatic rings. The number of hydrogen-bond donors (Lipinski definition) is 0. The van der Waals surface area contributed by atoms with E-state index in [2.05, 4.69) is 9.97 Å². The van der Waals surface area contributed by atoms with Gasteiger partial charge in [-0.05, 0) is 24.6 Å². The lowest BCUT2D eigenvalue weighted by Gasteiger charge is -2.09. The molecule has 0 fully saturated rings. The van der Waals surface area contributed by atoms with Gasteiger partial charge < -0.3 is 0 Å². The molecule has 2 nitrogen and oxygen atoms in total. The zero-order chi connectivity index (χ0) is 14.8. The molecule has 0 aliphatic rings. The van der Waals surface area contributed by atoms with Gasteiger partial charge in [0.15, 0.2) is 5.82 Å². The van der Waals surface area contributed by atoms with E-state index in [1.165, 1.54) is 11.8 Å². The molecule has 0 spiro atoms. The summed E-state index contributed by atoms with van der Waals surface area (Å²) in [5.41, 5.74) is 1.63. The number of para-hydroxylation sites is 1. The molecule has 5 heteroatoms. The number of aromatic nitrogens is 2. The van der Waals surface area contributed by atoms with Crippen molar-refractivity contribution in [2.75, 3.05) is 0 Å². The molecule has 0 atom stereocenters. The summed E-state index contributed by atoms with van der Waals surface area (Å²) in [5, 5.41) is 1.35. The van der Waals surface area contributed by atoms with Gasteiger partial charge in [0.2, 0.25) is 0 Å². The summed E-state index contributed by atoms with van der Waals surface area (Å²) in [7, 11) is 0. The Balaban J connectivity index is 2.14. The van der Waals surface area contributed by atoms with Crippen LogP contribution in [0.1, 0.15) is 17.8 Å². The van der Waals surface area contributed by atoms with Gasteiger partial charge in [0.05, 0.1) is 5.52 Å². The molecule has 0 unspecified atom stereocenters. The summed E-state index contributed by atoms with van der Waals surface area (Å²) in [6, 6.07) is 15.0. The first kappa shape index (κ1) is 13.9. The third-order valence-electron chi connectivity index (χ3n) is 3.08. The smallest absolute Gasteiger partial charge is 0.227 e. The minimum absolute atomic E-state index is 0.426. The molecule has 0 aliphatic heterocycles. The number of benzene rings is 2. The van der Waals surface area contributed by atoms with E-state index in [4.69, 9.17) is 0 Å². The molecule has 0 N–H and O–H groups in total. The second-order valence-electron chi connectivity index (χ2n) is 4.57. The van der Waals surface area contributed by atoms with Crippen LogP contribution in [0.2, 0.25) is 0 Å². The Morgan fingerprint density at radius 3 is 2.43 bits per heavy atom. The van der Waals surface area contributed by atoms with Gasteiger partial charge in [0.25, 0.3) is 6.43 Å². The number of halogens is 2. The van der Waals surface area contributed by atoms with Gasteiger partial charge in [-0.15, -0.1) is 0 Å². The van der Waals surface area contributed by atoms with Crippen molar-refractivity contribution in [3.8, 4) is 0 Å². The number of hydrogen-bond acceptors (Lipinski definition) is 3. The van der Waals surface area contributed by atoms with Crippen LogP contribution < -0.4 is 0 Å². The number of fused-ring (bicyclic) bond motifs is 1. The van der Waals surface area contributed by atoms with Crippen LogP contribution in [0.3, 0.4) is 0 Å². The average Bonchev–Trinajstić information content (AvgIpc) is 2.49. The Morgan fingerprint density at radius 1 is 0.952 bits per heavy atom. The summed E-state index contributed by atoms with van der Waals surface area (Å²) in [5.74, 6) is -0.426. The van der Waals surface area contributed by atoms with E-state index in [9.17, 15) is 8.78 Å². The fourth-order valence-electron chi connectivity index (χ4n) is 2.02. The third kappa shape index (κ3) is 2.88. The molecular weight excluding hydrogens is 290 g/mol. The molecule has 3 rings (SSSR count).